The molecular formula is C22H19F6N3O4. The number of nitrogens with one attached hydrogen (secondary N) is 2. The Morgan fingerprint density at radius 1 is 1.23 bits per heavy atom. The molecule has 1 amide bonds. The summed E-state index contributed by atoms with van der Waals surface area (Å²) in [5.74, 6) is -8.11. The minimum atomic E-state index is -4.85. The maximum Gasteiger partial charge on any atom is 0.417 e. The van der Waals surface area contributed by atoms with E-state index in [2.05, 4.69) is 9.97 Å². The van der Waals surface area contributed by atoms with Crippen LogP contribution in [0.2, 0.25) is 0 Å². The second-order valence-corrected chi connectivity index (χ2v) is 8.35. The van der Waals surface area contributed by atoms with E-state index in [0.717, 1.165) is 38.3 Å². The van der Waals surface area contributed by atoms with Gasteiger partial charge >= 0.3 is 6.18 Å². The summed E-state index contributed by atoms with van der Waals surface area (Å²) in [5.41, 5.74) is -2.05. The third kappa shape index (κ3) is 3.78. The number of ether oxygens (including phenoxy) is 2. The minimum Gasteiger partial charge on any atom is -0.493 e. The first-order chi connectivity index (χ1) is 16.3. The standard InChI is InChI=1S/C22H19F6N3O4/c1-8-15(9-4-5-11(23)16(25)17(9)34-3)18(35-21(8,2)22(26,27)28)19-29-13-6-10(20(32)31-33)12(24)7-14(13)30-19/h4-8,15,18,33H,1-3H3,(H,29,30)(H,31,32)/t8-,15?,18+,21+/m0/s1. The number of nitrogens with zero attached hydrogens (tertiary/aromatic N) is 1. The third-order valence-electron chi connectivity index (χ3n) is 6.52. The van der Waals surface area contributed by atoms with Crippen LogP contribution in [-0.4, -0.2) is 40.0 Å². The normalized spacial score (nSPS) is 24.7. The molecule has 1 aromatic heterocycles. The number of hydrogen-bond acceptors (Lipinski definition) is 5. The molecule has 0 radical (unpaired) electrons. The molecule has 1 saturated heterocycles. The number of methoxy groups -OCH3 is 1. The van der Waals surface area contributed by atoms with E-state index in [1.54, 1.807) is 0 Å². The number of imidazole rings is 1. The molecule has 0 saturated carbocycles. The van der Waals surface area contributed by atoms with Crippen LogP contribution in [0.1, 0.15) is 47.6 Å². The molecule has 7 nitrogen and oxygen atoms in total. The Morgan fingerprint density at radius 2 is 1.91 bits per heavy atom. The van der Waals surface area contributed by atoms with Gasteiger partial charge in [-0.1, -0.05) is 13.0 Å². The van der Waals surface area contributed by atoms with E-state index in [4.69, 9.17) is 14.7 Å². The van der Waals surface area contributed by atoms with Crippen molar-refractivity contribution >= 4 is 16.9 Å². The van der Waals surface area contributed by atoms with E-state index in [0.29, 0.717) is 0 Å². The van der Waals surface area contributed by atoms with Gasteiger partial charge in [-0.3, -0.25) is 10.0 Å². The number of halogens is 6. The van der Waals surface area contributed by atoms with Crippen LogP contribution in [0.15, 0.2) is 24.3 Å². The van der Waals surface area contributed by atoms with Gasteiger partial charge in [0.25, 0.3) is 5.91 Å². The lowest BCUT2D eigenvalue weighted by molar-refractivity contribution is -0.275. The van der Waals surface area contributed by atoms with Gasteiger partial charge in [-0.2, -0.15) is 17.6 Å². The maximum atomic E-state index is 14.5. The molecule has 1 aliphatic rings. The van der Waals surface area contributed by atoms with Crippen molar-refractivity contribution in [3.8, 4) is 5.75 Å². The van der Waals surface area contributed by atoms with Gasteiger partial charge in [0.05, 0.1) is 23.7 Å². The van der Waals surface area contributed by atoms with Gasteiger partial charge in [-0.05, 0) is 19.1 Å². The Kier molecular flexibility index (Phi) is 5.96. The highest BCUT2D eigenvalue weighted by Gasteiger charge is 2.65. The van der Waals surface area contributed by atoms with E-state index in [9.17, 15) is 31.1 Å². The van der Waals surface area contributed by atoms with Gasteiger partial charge in [0, 0.05) is 23.5 Å². The number of carbonyl (C=O) groups excluding carboxylic acids is 1. The molecule has 1 fully saturated rings. The molecule has 3 aromatic rings. The first-order valence-electron chi connectivity index (χ1n) is 10.2. The average Bonchev–Trinajstić information content (AvgIpc) is 3.33. The monoisotopic (exact) mass is 503 g/mol. The summed E-state index contributed by atoms with van der Waals surface area (Å²) in [6.45, 7) is 2.09. The predicted octanol–water partition coefficient (Wildman–Crippen LogP) is 4.92. The summed E-state index contributed by atoms with van der Waals surface area (Å²) in [4.78, 5) is 18.5. The largest absolute Gasteiger partial charge is 0.493 e. The Labute approximate surface area is 194 Å². The second-order valence-electron chi connectivity index (χ2n) is 8.35. The first kappa shape index (κ1) is 24.8. The Hall–Kier alpha value is -3.32. The van der Waals surface area contributed by atoms with Crippen LogP contribution in [0.4, 0.5) is 26.3 Å². The predicted molar refractivity (Wildman–Crippen MR) is 108 cm³/mol. The zero-order valence-electron chi connectivity index (χ0n) is 18.4. The summed E-state index contributed by atoms with van der Waals surface area (Å²) in [5, 5.41) is 8.79. The molecule has 188 valence electrons. The van der Waals surface area contributed by atoms with Crippen LogP contribution in [0.3, 0.4) is 0 Å². The lowest BCUT2D eigenvalue weighted by atomic mass is 9.77. The number of benzene rings is 2. The van der Waals surface area contributed by atoms with Crippen LogP contribution in [0, 0.1) is 23.4 Å². The van der Waals surface area contributed by atoms with Crippen molar-refractivity contribution in [2.45, 2.75) is 37.6 Å². The lowest BCUT2D eigenvalue weighted by Crippen LogP contribution is -2.46. The summed E-state index contributed by atoms with van der Waals surface area (Å²) < 4.78 is 95.4. The quantitative estimate of drug-likeness (QED) is 0.267. The average molecular weight is 503 g/mol. The number of hydroxylamine groups is 1. The van der Waals surface area contributed by atoms with Gasteiger partial charge < -0.3 is 14.5 Å². The Bertz CT molecular complexity index is 1310. The lowest BCUT2D eigenvalue weighted by Gasteiger charge is -2.32. The molecule has 2 heterocycles. The van der Waals surface area contributed by atoms with Crippen molar-refractivity contribution in [1.29, 1.82) is 0 Å². The molecule has 0 aliphatic carbocycles. The molecule has 0 bridgehead atoms. The molecule has 1 aliphatic heterocycles. The number of aromatic nitrogens is 2. The van der Waals surface area contributed by atoms with Gasteiger partial charge in [0.2, 0.25) is 5.82 Å². The highest BCUT2D eigenvalue weighted by molar-refractivity contribution is 5.97. The maximum absolute atomic E-state index is 14.5. The highest BCUT2D eigenvalue weighted by atomic mass is 19.4. The summed E-state index contributed by atoms with van der Waals surface area (Å²) in [6.07, 6.45) is -6.32. The topological polar surface area (TPSA) is 96.5 Å². The fourth-order valence-electron chi connectivity index (χ4n) is 4.47. The molecular weight excluding hydrogens is 484 g/mol. The Morgan fingerprint density at radius 3 is 2.51 bits per heavy atom. The van der Waals surface area contributed by atoms with E-state index in [1.165, 1.54) is 12.4 Å². The second kappa shape index (κ2) is 8.41. The van der Waals surface area contributed by atoms with Crippen molar-refractivity contribution in [1.82, 2.24) is 15.4 Å². The SMILES string of the molecule is COc1c(C2[C@H](c3nc4cc(C(=O)NO)c(F)cc4[nH]3)O[C@@](C)(C(F)(F)F)[C@H]2C)ccc(F)c1F. The number of rotatable bonds is 4. The third-order valence-corrected chi connectivity index (χ3v) is 6.52. The molecule has 13 heteroatoms. The zero-order valence-corrected chi connectivity index (χ0v) is 18.4. The number of alkyl halides is 3. The van der Waals surface area contributed by atoms with E-state index in [-0.39, 0.29) is 22.4 Å². The molecule has 0 spiro atoms. The number of H-pyrrole nitrogens is 1. The fourth-order valence-corrected chi connectivity index (χ4v) is 4.47. The van der Waals surface area contributed by atoms with Crippen molar-refractivity contribution < 1.29 is 45.8 Å². The molecule has 1 unspecified atom stereocenters. The van der Waals surface area contributed by atoms with E-state index in [1.807, 2.05) is 0 Å². The van der Waals surface area contributed by atoms with Crippen molar-refractivity contribution in [2.75, 3.05) is 7.11 Å². The van der Waals surface area contributed by atoms with Crippen LogP contribution >= 0.6 is 0 Å². The highest BCUT2D eigenvalue weighted by Crippen LogP contribution is 2.59. The van der Waals surface area contributed by atoms with Crippen molar-refractivity contribution in [3.63, 3.8) is 0 Å². The summed E-state index contributed by atoms with van der Waals surface area (Å²) in [7, 11) is 1.05. The smallest absolute Gasteiger partial charge is 0.417 e. The van der Waals surface area contributed by atoms with Crippen LogP contribution in [0.25, 0.3) is 11.0 Å². The zero-order chi connectivity index (χ0) is 25.9. The number of amides is 1. The van der Waals surface area contributed by atoms with E-state index < -0.39 is 64.4 Å². The van der Waals surface area contributed by atoms with Gasteiger partial charge in [-0.15, -0.1) is 0 Å². The first-order valence-corrected chi connectivity index (χ1v) is 10.2. The van der Waals surface area contributed by atoms with Crippen LogP contribution in [0.5, 0.6) is 5.75 Å². The van der Waals surface area contributed by atoms with Crippen LogP contribution in [-0.2, 0) is 4.74 Å². The molecule has 2 aromatic carbocycles. The molecule has 35 heavy (non-hydrogen) atoms. The molecule has 4 rings (SSSR count). The Balaban J connectivity index is 1.91. The van der Waals surface area contributed by atoms with Crippen LogP contribution < -0.4 is 10.2 Å². The molecule has 3 N–H and O–H groups in total. The van der Waals surface area contributed by atoms with Crippen molar-refractivity contribution in [2.24, 2.45) is 5.92 Å². The van der Waals surface area contributed by atoms with Gasteiger partial charge in [-0.25, -0.2) is 19.2 Å². The van der Waals surface area contributed by atoms with E-state index >= 15 is 0 Å². The molecule has 4 atom stereocenters. The fraction of sp³-hybridized carbons (Fsp3) is 0.364. The van der Waals surface area contributed by atoms with Crippen molar-refractivity contribution in [3.05, 3.63) is 58.7 Å². The van der Waals surface area contributed by atoms with Gasteiger partial charge in [0.15, 0.2) is 17.2 Å². The number of hydrogen-bond donors (Lipinski definition) is 3. The summed E-state index contributed by atoms with van der Waals surface area (Å²) in [6, 6.07) is 3.76. The van der Waals surface area contributed by atoms with Gasteiger partial charge in [0.1, 0.15) is 17.7 Å². The minimum absolute atomic E-state index is 0.00661. The number of fused-ring (bicyclic) bond motifs is 1. The summed E-state index contributed by atoms with van der Waals surface area (Å²) >= 11 is 0. The number of carbonyl (C=O) groups is 1. The number of aromatic amines is 1.